The van der Waals surface area contributed by atoms with E-state index in [1.807, 2.05) is 24.3 Å². The summed E-state index contributed by atoms with van der Waals surface area (Å²) in [6.45, 7) is 1.84. The van der Waals surface area contributed by atoms with Crippen LogP contribution in [0.1, 0.15) is 18.4 Å². The molecule has 2 aromatic rings. The Morgan fingerprint density at radius 3 is 2.95 bits per heavy atom. The molecule has 4 nitrogen and oxygen atoms in total. The molecule has 1 aliphatic rings. The van der Waals surface area contributed by atoms with Crippen molar-refractivity contribution in [3.05, 3.63) is 36.0 Å². The van der Waals surface area contributed by atoms with E-state index in [1.54, 1.807) is 6.20 Å². The molecule has 3 rings (SSSR count). The average molecular weight is 266 g/mol. The van der Waals surface area contributed by atoms with Gasteiger partial charge in [0.05, 0.1) is 16.8 Å². The van der Waals surface area contributed by atoms with Gasteiger partial charge < -0.3 is 10.2 Å². The molecule has 0 spiro atoms. The number of nitriles is 1. The first-order valence-electron chi connectivity index (χ1n) is 7.01. The van der Waals surface area contributed by atoms with Gasteiger partial charge in [0, 0.05) is 30.7 Å². The highest BCUT2D eigenvalue weighted by Crippen LogP contribution is 2.26. The van der Waals surface area contributed by atoms with Gasteiger partial charge in [0.1, 0.15) is 6.07 Å². The molecule has 0 aliphatic heterocycles. The van der Waals surface area contributed by atoms with Crippen LogP contribution in [0.25, 0.3) is 10.9 Å². The van der Waals surface area contributed by atoms with Crippen LogP contribution >= 0.6 is 0 Å². The number of nitrogens with one attached hydrogen (secondary N) is 1. The molecular weight excluding hydrogens is 248 g/mol. The van der Waals surface area contributed by atoms with Gasteiger partial charge in [0.25, 0.3) is 0 Å². The number of fused-ring (bicyclic) bond motifs is 1. The summed E-state index contributed by atoms with van der Waals surface area (Å²) in [6, 6.07) is 10.9. The Balaban J connectivity index is 1.79. The van der Waals surface area contributed by atoms with E-state index in [4.69, 9.17) is 0 Å². The quantitative estimate of drug-likeness (QED) is 0.904. The number of aromatic nitrogens is 1. The van der Waals surface area contributed by atoms with Crippen LogP contribution in [-0.2, 0) is 0 Å². The fourth-order valence-electron chi connectivity index (χ4n) is 2.47. The largest absolute Gasteiger partial charge is 0.382 e. The van der Waals surface area contributed by atoms with Gasteiger partial charge in [-0.3, -0.25) is 4.98 Å². The lowest BCUT2D eigenvalue weighted by atomic mass is 10.1. The maximum absolute atomic E-state index is 9.24. The lowest BCUT2D eigenvalue weighted by molar-refractivity contribution is 0.337. The van der Waals surface area contributed by atoms with Crippen molar-refractivity contribution in [3.8, 4) is 6.07 Å². The van der Waals surface area contributed by atoms with E-state index >= 15 is 0 Å². The molecular formula is C16H18N4. The maximum atomic E-state index is 9.24. The molecule has 0 atom stereocenters. The summed E-state index contributed by atoms with van der Waals surface area (Å²) in [5, 5.41) is 13.7. The Morgan fingerprint density at radius 1 is 1.40 bits per heavy atom. The molecule has 1 N–H and O–H groups in total. The predicted molar refractivity (Wildman–Crippen MR) is 80.6 cm³/mol. The molecule has 1 saturated carbocycles. The molecule has 0 amide bonds. The Labute approximate surface area is 119 Å². The van der Waals surface area contributed by atoms with Crippen LogP contribution in [0.3, 0.4) is 0 Å². The lowest BCUT2D eigenvalue weighted by Gasteiger charge is -2.17. The van der Waals surface area contributed by atoms with Gasteiger partial charge in [-0.1, -0.05) is 18.2 Å². The highest BCUT2D eigenvalue weighted by molar-refractivity contribution is 5.93. The topological polar surface area (TPSA) is 52.0 Å². The van der Waals surface area contributed by atoms with Gasteiger partial charge in [-0.2, -0.15) is 5.26 Å². The van der Waals surface area contributed by atoms with Gasteiger partial charge in [0.2, 0.25) is 0 Å². The number of hydrogen-bond acceptors (Lipinski definition) is 4. The van der Waals surface area contributed by atoms with Crippen LogP contribution in [0.5, 0.6) is 0 Å². The minimum Gasteiger partial charge on any atom is -0.382 e. The van der Waals surface area contributed by atoms with Gasteiger partial charge in [-0.05, 0) is 26.0 Å². The molecule has 1 heterocycles. The van der Waals surface area contributed by atoms with Crippen molar-refractivity contribution < 1.29 is 0 Å². The average Bonchev–Trinajstić information content (AvgIpc) is 3.32. The zero-order valence-corrected chi connectivity index (χ0v) is 11.6. The zero-order valence-electron chi connectivity index (χ0n) is 11.6. The van der Waals surface area contributed by atoms with Crippen LogP contribution in [0.2, 0.25) is 0 Å². The molecule has 0 unspecified atom stereocenters. The minimum atomic E-state index is 0.609. The molecule has 1 aliphatic carbocycles. The third-order valence-corrected chi connectivity index (χ3v) is 3.83. The zero-order chi connectivity index (χ0) is 13.9. The molecule has 20 heavy (non-hydrogen) atoms. The van der Waals surface area contributed by atoms with Gasteiger partial charge in [-0.15, -0.1) is 0 Å². The number of anilines is 1. The highest BCUT2D eigenvalue weighted by Gasteiger charge is 2.25. The first-order valence-corrected chi connectivity index (χ1v) is 7.01. The summed E-state index contributed by atoms with van der Waals surface area (Å²) < 4.78 is 0. The minimum absolute atomic E-state index is 0.609. The Hall–Kier alpha value is -2.12. The van der Waals surface area contributed by atoms with E-state index in [0.717, 1.165) is 35.7 Å². The molecule has 0 radical (unpaired) electrons. The number of pyridine rings is 1. The summed E-state index contributed by atoms with van der Waals surface area (Å²) in [5.74, 6) is 0. The van der Waals surface area contributed by atoms with Crippen LogP contribution in [0.15, 0.2) is 30.5 Å². The number of benzene rings is 1. The first-order chi connectivity index (χ1) is 9.79. The van der Waals surface area contributed by atoms with E-state index in [1.165, 1.54) is 12.8 Å². The number of likely N-dealkylation sites (N-methyl/N-ethyl adjacent to an activating group) is 1. The second-order valence-corrected chi connectivity index (χ2v) is 5.31. The molecule has 0 bridgehead atoms. The highest BCUT2D eigenvalue weighted by atomic mass is 15.2. The van der Waals surface area contributed by atoms with Gasteiger partial charge >= 0.3 is 0 Å². The molecule has 1 aromatic carbocycles. The van der Waals surface area contributed by atoms with E-state index < -0.39 is 0 Å². The number of rotatable bonds is 5. The molecule has 1 aromatic heterocycles. The van der Waals surface area contributed by atoms with Crippen LogP contribution in [0.4, 0.5) is 5.69 Å². The Kier molecular flexibility index (Phi) is 3.53. The van der Waals surface area contributed by atoms with Crippen molar-refractivity contribution >= 4 is 16.6 Å². The number of nitrogens with zero attached hydrogens (tertiary/aromatic N) is 3. The van der Waals surface area contributed by atoms with Gasteiger partial charge in [-0.25, -0.2) is 0 Å². The molecule has 102 valence electrons. The summed E-state index contributed by atoms with van der Waals surface area (Å²) in [4.78, 5) is 6.70. The van der Waals surface area contributed by atoms with Gasteiger partial charge in [0.15, 0.2) is 0 Å². The fraction of sp³-hybridized carbons (Fsp3) is 0.375. The summed E-state index contributed by atoms with van der Waals surface area (Å²) in [7, 11) is 2.16. The van der Waals surface area contributed by atoms with Crippen molar-refractivity contribution in [1.29, 1.82) is 5.26 Å². The van der Waals surface area contributed by atoms with Crippen molar-refractivity contribution in [2.75, 3.05) is 25.5 Å². The second kappa shape index (κ2) is 5.48. The monoisotopic (exact) mass is 266 g/mol. The van der Waals surface area contributed by atoms with Crippen molar-refractivity contribution in [2.24, 2.45) is 0 Å². The molecule has 0 saturated heterocycles. The van der Waals surface area contributed by atoms with E-state index in [-0.39, 0.29) is 0 Å². The Morgan fingerprint density at radius 2 is 2.20 bits per heavy atom. The summed E-state index contributed by atoms with van der Waals surface area (Å²) in [6.07, 6.45) is 4.28. The molecule has 1 fully saturated rings. The lowest BCUT2D eigenvalue weighted by Crippen LogP contribution is -2.27. The smallest absolute Gasteiger partial charge is 0.103 e. The molecule has 4 heteroatoms. The van der Waals surface area contributed by atoms with Crippen molar-refractivity contribution in [3.63, 3.8) is 0 Å². The maximum Gasteiger partial charge on any atom is 0.103 e. The summed E-state index contributed by atoms with van der Waals surface area (Å²) >= 11 is 0. The van der Waals surface area contributed by atoms with Crippen molar-refractivity contribution in [1.82, 2.24) is 9.88 Å². The summed E-state index contributed by atoms with van der Waals surface area (Å²) in [5.41, 5.74) is 2.43. The number of hydrogen-bond donors (Lipinski definition) is 1. The van der Waals surface area contributed by atoms with Crippen LogP contribution < -0.4 is 5.32 Å². The first kappa shape index (κ1) is 12.9. The Bertz CT molecular complexity index is 655. The van der Waals surface area contributed by atoms with E-state index in [0.29, 0.717) is 5.56 Å². The van der Waals surface area contributed by atoms with Crippen LogP contribution in [-0.4, -0.2) is 36.1 Å². The van der Waals surface area contributed by atoms with E-state index in [2.05, 4.69) is 28.3 Å². The number of para-hydroxylation sites is 1. The normalized spacial score (nSPS) is 14.4. The second-order valence-electron chi connectivity index (χ2n) is 5.31. The third-order valence-electron chi connectivity index (χ3n) is 3.83. The third kappa shape index (κ3) is 2.59. The standard InChI is InChI=1S/C16H18N4/c1-20(13-6-7-13)9-8-18-16-12(10-17)11-19-15-5-3-2-4-14(15)16/h2-5,11,13H,6-9H2,1H3,(H,18,19). The fourth-order valence-corrected chi connectivity index (χ4v) is 2.47. The van der Waals surface area contributed by atoms with Crippen LogP contribution in [0, 0.1) is 11.3 Å². The van der Waals surface area contributed by atoms with E-state index in [9.17, 15) is 5.26 Å². The van der Waals surface area contributed by atoms with Crippen molar-refractivity contribution in [2.45, 2.75) is 18.9 Å². The predicted octanol–water partition coefficient (Wildman–Crippen LogP) is 2.61. The SMILES string of the molecule is CN(CCNc1c(C#N)cnc2ccccc12)C1CC1.